The van der Waals surface area contributed by atoms with E-state index in [0.717, 1.165) is 31.9 Å². The van der Waals surface area contributed by atoms with Gasteiger partial charge < -0.3 is 20.2 Å². The van der Waals surface area contributed by atoms with Crippen LogP contribution in [0.3, 0.4) is 0 Å². The number of hydrogen-bond donors (Lipinski definition) is 2. The summed E-state index contributed by atoms with van der Waals surface area (Å²) in [6.45, 7) is 4.18. The zero-order chi connectivity index (χ0) is 16.2. The zero-order valence-corrected chi connectivity index (χ0v) is 13.2. The summed E-state index contributed by atoms with van der Waals surface area (Å²) in [7, 11) is 2.14. The molecule has 1 amide bonds. The van der Waals surface area contributed by atoms with Crippen molar-refractivity contribution in [2.45, 2.75) is 0 Å². The van der Waals surface area contributed by atoms with E-state index in [4.69, 9.17) is 0 Å². The fraction of sp³-hybridized carbons (Fsp3) is 0.278. The molecule has 1 aliphatic rings. The fourth-order valence-electron chi connectivity index (χ4n) is 2.64. The molecule has 5 nitrogen and oxygen atoms in total. The molecule has 0 atom stereocenters. The summed E-state index contributed by atoms with van der Waals surface area (Å²) in [5.41, 5.74) is 2.47. The number of nitrogens with zero attached hydrogens (tertiary/aromatic N) is 2. The van der Waals surface area contributed by atoms with Gasteiger partial charge in [-0.15, -0.1) is 0 Å². The first-order valence-electron chi connectivity index (χ1n) is 7.76. The van der Waals surface area contributed by atoms with Gasteiger partial charge in [0.05, 0.1) is 0 Å². The van der Waals surface area contributed by atoms with Crippen molar-refractivity contribution in [1.82, 2.24) is 4.90 Å². The topological polar surface area (TPSA) is 55.8 Å². The van der Waals surface area contributed by atoms with E-state index in [9.17, 15) is 9.90 Å². The molecule has 2 aromatic carbocycles. The van der Waals surface area contributed by atoms with Crippen LogP contribution in [0.15, 0.2) is 48.5 Å². The fourth-order valence-corrected chi connectivity index (χ4v) is 2.64. The van der Waals surface area contributed by atoms with E-state index in [0.29, 0.717) is 5.56 Å². The first-order chi connectivity index (χ1) is 11.1. The van der Waals surface area contributed by atoms with Crippen LogP contribution in [0.1, 0.15) is 10.4 Å². The number of phenolic OH excluding ortho intramolecular Hbond substituents is 1. The predicted molar refractivity (Wildman–Crippen MR) is 92.2 cm³/mol. The molecule has 3 rings (SSSR count). The Hall–Kier alpha value is -2.53. The number of benzene rings is 2. The minimum absolute atomic E-state index is 0.151. The molecule has 0 bridgehead atoms. The highest BCUT2D eigenvalue weighted by Crippen LogP contribution is 2.20. The van der Waals surface area contributed by atoms with Crippen LogP contribution in [0, 0.1) is 0 Å². The smallest absolute Gasteiger partial charge is 0.255 e. The van der Waals surface area contributed by atoms with Crippen LogP contribution in [0.25, 0.3) is 0 Å². The number of amides is 1. The van der Waals surface area contributed by atoms with Gasteiger partial charge in [0.2, 0.25) is 0 Å². The van der Waals surface area contributed by atoms with Crippen molar-refractivity contribution in [1.29, 1.82) is 0 Å². The van der Waals surface area contributed by atoms with Crippen LogP contribution in [-0.4, -0.2) is 49.1 Å². The number of hydrogen-bond acceptors (Lipinski definition) is 4. The number of likely N-dealkylation sites (N-methyl/N-ethyl adjacent to an activating group) is 1. The molecular weight excluding hydrogens is 290 g/mol. The summed E-state index contributed by atoms with van der Waals surface area (Å²) in [5.74, 6) is -0.0320. The van der Waals surface area contributed by atoms with Gasteiger partial charge in [-0.1, -0.05) is 0 Å². The molecule has 1 aliphatic heterocycles. The van der Waals surface area contributed by atoms with Gasteiger partial charge in [-0.2, -0.15) is 0 Å². The van der Waals surface area contributed by atoms with E-state index in [1.54, 1.807) is 12.1 Å². The first-order valence-corrected chi connectivity index (χ1v) is 7.76. The van der Waals surface area contributed by atoms with Crippen molar-refractivity contribution in [3.05, 3.63) is 54.1 Å². The van der Waals surface area contributed by atoms with Gasteiger partial charge in [0.1, 0.15) is 5.75 Å². The van der Waals surface area contributed by atoms with Crippen molar-refractivity contribution >= 4 is 17.3 Å². The molecule has 120 valence electrons. The van der Waals surface area contributed by atoms with Gasteiger partial charge >= 0.3 is 0 Å². The standard InChI is InChI=1S/C18H21N3O2/c1-20-10-12-21(13-11-20)16-6-4-15(5-7-16)19-18(23)14-2-8-17(22)9-3-14/h2-9,22H,10-13H2,1H3,(H,19,23). The Kier molecular flexibility index (Phi) is 4.48. The molecule has 0 saturated carbocycles. The number of carbonyl (C=O) groups excluding carboxylic acids is 1. The SMILES string of the molecule is CN1CCN(c2ccc(NC(=O)c3ccc(O)cc3)cc2)CC1. The predicted octanol–water partition coefficient (Wildman–Crippen LogP) is 2.40. The van der Waals surface area contributed by atoms with Gasteiger partial charge in [0.25, 0.3) is 5.91 Å². The summed E-state index contributed by atoms with van der Waals surface area (Å²) >= 11 is 0. The third-order valence-corrected chi connectivity index (χ3v) is 4.12. The van der Waals surface area contributed by atoms with Gasteiger partial charge in [0.15, 0.2) is 0 Å². The summed E-state index contributed by atoms with van der Waals surface area (Å²) in [4.78, 5) is 16.8. The maximum absolute atomic E-state index is 12.1. The summed E-state index contributed by atoms with van der Waals surface area (Å²) < 4.78 is 0. The van der Waals surface area contributed by atoms with E-state index >= 15 is 0 Å². The van der Waals surface area contributed by atoms with Crippen molar-refractivity contribution < 1.29 is 9.90 Å². The lowest BCUT2D eigenvalue weighted by Crippen LogP contribution is -2.44. The molecule has 1 heterocycles. The normalized spacial score (nSPS) is 15.4. The lowest BCUT2D eigenvalue weighted by atomic mass is 10.2. The van der Waals surface area contributed by atoms with Crippen LogP contribution in [0.2, 0.25) is 0 Å². The maximum atomic E-state index is 12.1. The molecule has 23 heavy (non-hydrogen) atoms. The molecule has 0 aromatic heterocycles. The second kappa shape index (κ2) is 6.71. The maximum Gasteiger partial charge on any atom is 0.255 e. The number of piperazine rings is 1. The molecule has 1 fully saturated rings. The average molecular weight is 311 g/mol. The van der Waals surface area contributed by atoms with Gasteiger partial charge in [-0.3, -0.25) is 4.79 Å². The third-order valence-electron chi connectivity index (χ3n) is 4.12. The lowest BCUT2D eigenvalue weighted by Gasteiger charge is -2.34. The highest BCUT2D eigenvalue weighted by atomic mass is 16.3. The Morgan fingerprint density at radius 2 is 1.57 bits per heavy atom. The number of rotatable bonds is 3. The highest BCUT2D eigenvalue weighted by molar-refractivity contribution is 6.04. The Morgan fingerprint density at radius 3 is 2.17 bits per heavy atom. The molecule has 2 aromatic rings. The van der Waals surface area contributed by atoms with Crippen LogP contribution < -0.4 is 10.2 Å². The molecule has 0 spiro atoms. The number of anilines is 2. The summed E-state index contributed by atoms with van der Waals surface area (Å²) in [6, 6.07) is 14.1. The van der Waals surface area contributed by atoms with Crippen LogP contribution in [0.4, 0.5) is 11.4 Å². The average Bonchev–Trinajstić information content (AvgIpc) is 2.57. The van der Waals surface area contributed by atoms with Gasteiger partial charge in [0, 0.05) is 43.1 Å². The largest absolute Gasteiger partial charge is 0.508 e. The molecule has 0 radical (unpaired) electrons. The van der Waals surface area contributed by atoms with Gasteiger partial charge in [-0.05, 0) is 55.6 Å². The van der Waals surface area contributed by atoms with Crippen LogP contribution in [-0.2, 0) is 0 Å². The van der Waals surface area contributed by atoms with Crippen molar-refractivity contribution in [3.8, 4) is 5.75 Å². The van der Waals surface area contributed by atoms with Crippen molar-refractivity contribution in [2.24, 2.45) is 0 Å². The van der Waals surface area contributed by atoms with E-state index in [2.05, 4.69) is 22.2 Å². The molecule has 0 aliphatic carbocycles. The Morgan fingerprint density at radius 1 is 0.957 bits per heavy atom. The number of phenols is 1. The minimum atomic E-state index is -0.183. The zero-order valence-electron chi connectivity index (χ0n) is 13.2. The lowest BCUT2D eigenvalue weighted by molar-refractivity contribution is 0.102. The number of carbonyl (C=O) groups is 1. The Labute approximate surface area is 136 Å². The van der Waals surface area contributed by atoms with E-state index in [1.165, 1.54) is 17.8 Å². The summed E-state index contributed by atoms with van der Waals surface area (Å²) in [5, 5.41) is 12.1. The van der Waals surface area contributed by atoms with Crippen LogP contribution in [0.5, 0.6) is 5.75 Å². The second-order valence-electron chi connectivity index (χ2n) is 5.84. The monoisotopic (exact) mass is 311 g/mol. The van der Waals surface area contributed by atoms with E-state index in [-0.39, 0.29) is 11.7 Å². The number of aromatic hydroxyl groups is 1. The first kappa shape index (κ1) is 15.4. The molecule has 1 saturated heterocycles. The highest BCUT2D eigenvalue weighted by Gasteiger charge is 2.14. The quantitative estimate of drug-likeness (QED) is 0.914. The summed E-state index contributed by atoms with van der Waals surface area (Å²) in [6.07, 6.45) is 0. The molecule has 0 unspecified atom stereocenters. The molecule has 2 N–H and O–H groups in total. The molecular formula is C18H21N3O2. The van der Waals surface area contributed by atoms with Gasteiger partial charge in [-0.25, -0.2) is 0 Å². The van der Waals surface area contributed by atoms with Crippen LogP contribution >= 0.6 is 0 Å². The second-order valence-corrected chi connectivity index (χ2v) is 5.84. The van der Waals surface area contributed by atoms with Crippen molar-refractivity contribution in [3.63, 3.8) is 0 Å². The number of nitrogens with one attached hydrogen (secondary N) is 1. The Bertz CT molecular complexity index is 660. The molecule has 5 heteroatoms. The van der Waals surface area contributed by atoms with E-state index < -0.39 is 0 Å². The Balaban J connectivity index is 1.63. The third kappa shape index (κ3) is 3.81. The van der Waals surface area contributed by atoms with Crippen molar-refractivity contribution in [2.75, 3.05) is 43.4 Å². The van der Waals surface area contributed by atoms with E-state index in [1.807, 2.05) is 24.3 Å². The minimum Gasteiger partial charge on any atom is -0.508 e.